The van der Waals surface area contributed by atoms with Crippen molar-refractivity contribution >= 4 is 34.8 Å². The molecular formula is C19H19ClN2O2. The van der Waals surface area contributed by atoms with E-state index in [1.165, 1.54) is 5.56 Å². The van der Waals surface area contributed by atoms with Crippen LogP contribution in [0.3, 0.4) is 0 Å². The first-order chi connectivity index (χ1) is 11.5. The first-order valence-electron chi connectivity index (χ1n) is 7.91. The molecule has 1 aliphatic heterocycles. The Morgan fingerprint density at radius 1 is 1.12 bits per heavy atom. The zero-order valence-electron chi connectivity index (χ0n) is 13.7. The van der Waals surface area contributed by atoms with Crippen molar-refractivity contribution in [3.05, 3.63) is 58.6 Å². The van der Waals surface area contributed by atoms with Gasteiger partial charge in [0.25, 0.3) is 0 Å². The van der Waals surface area contributed by atoms with E-state index in [1.807, 2.05) is 32.0 Å². The highest BCUT2D eigenvalue weighted by atomic mass is 35.5. The number of benzene rings is 2. The molecule has 0 saturated carbocycles. The summed E-state index contributed by atoms with van der Waals surface area (Å²) >= 11 is 5.91. The van der Waals surface area contributed by atoms with Crippen LogP contribution in [0.5, 0.6) is 0 Å². The maximum Gasteiger partial charge on any atom is 0.247 e. The van der Waals surface area contributed by atoms with E-state index >= 15 is 0 Å². The third-order valence-electron chi connectivity index (χ3n) is 4.39. The lowest BCUT2D eigenvalue weighted by Crippen LogP contribution is -2.41. The predicted molar refractivity (Wildman–Crippen MR) is 96.5 cm³/mol. The molecule has 1 saturated heterocycles. The number of hydrogen-bond acceptors (Lipinski definition) is 2. The Morgan fingerprint density at radius 2 is 1.83 bits per heavy atom. The summed E-state index contributed by atoms with van der Waals surface area (Å²) in [5.41, 5.74) is 3.73. The lowest BCUT2D eigenvalue weighted by atomic mass is 10.1. The number of carbonyl (C=O) groups is 2. The summed E-state index contributed by atoms with van der Waals surface area (Å²) in [4.78, 5) is 26.5. The molecule has 0 aromatic heterocycles. The van der Waals surface area contributed by atoms with Gasteiger partial charge in [0.15, 0.2) is 0 Å². The number of halogens is 1. The van der Waals surface area contributed by atoms with Gasteiger partial charge in [-0.3, -0.25) is 14.5 Å². The molecule has 1 fully saturated rings. The Bertz CT molecular complexity index is 786. The van der Waals surface area contributed by atoms with Crippen LogP contribution in [0.2, 0.25) is 5.02 Å². The van der Waals surface area contributed by atoms with Crippen molar-refractivity contribution in [2.75, 3.05) is 10.2 Å². The van der Waals surface area contributed by atoms with E-state index in [9.17, 15) is 9.59 Å². The van der Waals surface area contributed by atoms with Crippen molar-refractivity contribution in [1.29, 1.82) is 0 Å². The minimum Gasteiger partial charge on any atom is -0.324 e. The first kappa shape index (κ1) is 16.5. The molecule has 2 amide bonds. The first-order valence-corrected chi connectivity index (χ1v) is 8.29. The van der Waals surface area contributed by atoms with Crippen molar-refractivity contribution < 1.29 is 9.59 Å². The van der Waals surface area contributed by atoms with Gasteiger partial charge in [0.1, 0.15) is 6.04 Å². The molecule has 1 heterocycles. The van der Waals surface area contributed by atoms with Crippen LogP contribution in [-0.4, -0.2) is 17.9 Å². The smallest absolute Gasteiger partial charge is 0.247 e. The largest absolute Gasteiger partial charge is 0.324 e. The normalized spacial score (nSPS) is 17.2. The van der Waals surface area contributed by atoms with Crippen molar-refractivity contribution in [3.8, 4) is 0 Å². The van der Waals surface area contributed by atoms with Gasteiger partial charge >= 0.3 is 0 Å². The Morgan fingerprint density at radius 3 is 2.50 bits per heavy atom. The van der Waals surface area contributed by atoms with Gasteiger partial charge in [-0.2, -0.15) is 0 Å². The van der Waals surface area contributed by atoms with Crippen LogP contribution in [0.15, 0.2) is 42.5 Å². The molecule has 1 unspecified atom stereocenters. The molecule has 1 atom stereocenters. The topological polar surface area (TPSA) is 49.4 Å². The third kappa shape index (κ3) is 3.29. The zero-order valence-corrected chi connectivity index (χ0v) is 14.4. The number of amides is 2. The fourth-order valence-corrected chi connectivity index (χ4v) is 3.03. The van der Waals surface area contributed by atoms with Crippen molar-refractivity contribution in [1.82, 2.24) is 0 Å². The molecular weight excluding hydrogens is 324 g/mol. The Hall–Kier alpha value is -2.33. The number of aryl methyl sites for hydroxylation is 2. The highest BCUT2D eigenvalue weighted by Crippen LogP contribution is 2.28. The van der Waals surface area contributed by atoms with Crippen molar-refractivity contribution in [3.63, 3.8) is 0 Å². The summed E-state index contributed by atoms with van der Waals surface area (Å²) in [6.07, 6.45) is 0.881. The second-order valence-corrected chi connectivity index (χ2v) is 6.52. The van der Waals surface area contributed by atoms with Crippen LogP contribution in [-0.2, 0) is 9.59 Å². The predicted octanol–water partition coefficient (Wildman–Crippen LogP) is 4.09. The lowest BCUT2D eigenvalue weighted by Gasteiger charge is -2.24. The van der Waals surface area contributed by atoms with Gasteiger partial charge < -0.3 is 5.32 Å². The minimum atomic E-state index is -0.500. The molecule has 5 heteroatoms. The van der Waals surface area contributed by atoms with E-state index in [0.29, 0.717) is 23.6 Å². The van der Waals surface area contributed by atoms with E-state index in [4.69, 9.17) is 11.6 Å². The van der Waals surface area contributed by atoms with Gasteiger partial charge in [0, 0.05) is 22.8 Å². The lowest BCUT2D eigenvalue weighted by molar-refractivity contribution is -0.120. The van der Waals surface area contributed by atoms with E-state index in [0.717, 1.165) is 11.3 Å². The molecule has 1 N–H and O–H groups in total. The maximum absolute atomic E-state index is 12.7. The quantitative estimate of drug-likeness (QED) is 0.913. The van der Waals surface area contributed by atoms with Crippen LogP contribution < -0.4 is 10.2 Å². The van der Waals surface area contributed by atoms with Crippen LogP contribution in [0.25, 0.3) is 0 Å². The van der Waals surface area contributed by atoms with Gasteiger partial charge in [-0.15, -0.1) is 0 Å². The highest BCUT2D eigenvalue weighted by molar-refractivity contribution is 6.30. The van der Waals surface area contributed by atoms with E-state index in [1.54, 1.807) is 29.2 Å². The standard InChI is InChI=1S/C19H19ClN2O2/c1-12-3-6-15(11-13(12)2)21-19(24)17-9-10-18(23)22(17)16-7-4-14(20)5-8-16/h3-8,11,17H,9-10H2,1-2H3,(H,21,24). The third-order valence-corrected chi connectivity index (χ3v) is 4.65. The molecule has 2 aromatic carbocycles. The van der Waals surface area contributed by atoms with Crippen molar-refractivity contribution in [2.45, 2.75) is 32.7 Å². The number of carbonyl (C=O) groups excluding carboxylic acids is 2. The Labute approximate surface area is 146 Å². The molecule has 24 heavy (non-hydrogen) atoms. The van der Waals surface area contributed by atoms with Gasteiger partial charge in [-0.25, -0.2) is 0 Å². The van der Waals surface area contributed by atoms with Crippen molar-refractivity contribution in [2.24, 2.45) is 0 Å². The fourth-order valence-electron chi connectivity index (χ4n) is 2.90. The second kappa shape index (κ2) is 6.65. The van der Waals surface area contributed by atoms with Gasteiger partial charge in [-0.05, 0) is 67.8 Å². The molecule has 124 valence electrons. The zero-order chi connectivity index (χ0) is 17.3. The van der Waals surface area contributed by atoms with Gasteiger partial charge in [0.2, 0.25) is 11.8 Å². The molecule has 0 radical (unpaired) electrons. The minimum absolute atomic E-state index is 0.0439. The van der Waals surface area contributed by atoms with Gasteiger partial charge in [-0.1, -0.05) is 17.7 Å². The van der Waals surface area contributed by atoms with E-state index < -0.39 is 6.04 Å². The average Bonchev–Trinajstić information content (AvgIpc) is 2.93. The Kier molecular flexibility index (Phi) is 4.58. The molecule has 0 spiro atoms. The number of nitrogens with zero attached hydrogens (tertiary/aromatic N) is 1. The Balaban J connectivity index is 1.81. The number of anilines is 2. The van der Waals surface area contributed by atoms with Crippen LogP contribution in [0, 0.1) is 13.8 Å². The fraction of sp³-hybridized carbons (Fsp3) is 0.263. The van der Waals surface area contributed by atoms with Crippen LogP contribution in [0.1, 0.15) is 24.0 Å². The summed E-state index contributed by atoms with van der Waals surface area (Å²) in [5, 5.41) is 3.52. The molecule has 0 aliphatic carbocycles. The maximum atomic E-state index is 12.7. The average molecular weight is 343 g/mol. The SMILES string of the molecule is Cc1ccc(NC(=O)C2CCC(=O)N2c2ccc(Cl)cc2)cc1C. The van der Waals surface area contributed by atoms with Gasteiger partial charge in [0.05, 0.1) is 0 Å². The highest BCUT2D eigenvalue weighted by Gasteiger charge is 2.37. The number of rotatable bonds is 3. The van der Waals surface area contributed by atoms with E-state index in [2.05, 4.69) is 5.32 Å². The summed E-state index contributed by atoms with van der Waals surface area (Å²) in [6, 6.07) is 12.3. The number of hydrogen-bond donors (Lipinski definition) is 1. The molecule has 4 nitrogen and oxygen atoms in total. The van der Waals surface area contributed by atoms with Crippen LogP contribution in [0.4, 0.5) is 11.4 Å². The molecule has 3 rings (SSSR count). The summed E-state index contributed by atoms with van der Waals surface area (Å²) in [6.45, 7) is 4.03. The monoisotopic (exact) mass is 342 g/mol. The summed E-state index contributed by atoms with van der Waals surface area (Å²) < 4.78 is 0. The molecule has 2 aromatic rings. The summed E-state index contributed by atoms with van der Waals surface area (Å²) in [5.74, 6) is -0.211. The van der Waals surface area contributed by atoms with Crippen LogP contribution >= 0.6 is 11.6 Å². The summed E-state index contributed by atoms with van der Waals surface area (Å²) in [7, 11) is 0. The second-order valence-electron chi connectivity index (χ2n) is 6.08. The van der Waals surface area contributed by atoms with E-state index in [-0.39, 0.29) is 11.8 Å². The number of nitrogens with one attached hydrogen (secondary N) is 1. The molecule has 0 bridgehead atoms. The molecule has 1 aliphatic rings.